The zero-order valence-corrected chi connectivity index (χ0v) is 9.20. The van der Waals surface area contributed by atoms with Crippen LogP contribution in [0.15, 0.2) is 23.7 Å². The maximum absolute atomic E-state index is 6.04. The van der Waals surface area contributed by atoms with Gasteiger partial charge in [-0.05, 0) is 24.3 Å². The number of nitrogens with two attached hydrogens (primary N) is 1. The van der Waals surface area contributed by atoms with Crippen molar-refractivity contribution in [3.05, 3.63) is 29.5 Å². The summed E-state index contributed by atoms with van der Waals surface area (Å²) in [5, 5.41) is 2.08. The Kier molecular flexibility index (Phi) is 2.11. The second-order valence-electron chi connectivity index (χ2n) is 3.89. The molecule has 0 aromatic carbocycles. The number of aryl methyl sites for hydroxylation is 1. The quantitative estimate of drug-likeness (QED) is 0.800. The third kappa shape index (κ3) is 1.50. The second-order valence-corrected chi connectivity index (χ2v) is 4.83. The van der Waals surface area contributed by atoms with E-state index >= 15 is 0 Å². The fourth-order valence-electron chi connectivity index (χ4n) is 2.06. The molecular weight excluding hydrogens is 206 g/mol. The Bertz CT molecular complexity index is 458. The van der Waals surface area contributed by atoms with Gasteiger partial charge in [-0.3, -0.25) is 0 Å². The molecule has 78 valence electrons. The molecule has 15 heavy (non-hydrogen) atoms. The number of nitrogens with zero attached hydrogens (tertiary/aromatic N) is 2. The number of aromatic nitrogens is 2. The first-order valence-corrected chi connectivity index (χ1v) is 6.10. The Morgan fingerprint density at radius 1 is 1.53 bits per heavy atom. The van der Waals surface area contributed by atoms with Gasteiger partial charge in [0, 0.05) is 12.6 Å². The van der Waals surface area contributed by atoms with Gasteiger partial charge >= 0.3 is 0 Å². The van der Waals surface area contributed by atoms with E-state index in [0.29, 0.717) is 0 Å². The van der Waals surface area contributed by atoms with Crippen molar-refractivity contribution in [2.45, 2.75) is 25.4 Å². The first-order valence-electron chi connectivity index (χ1n) is 5.22. The zero-order chi connectivity index (χ0) is 10.3. The van der Waals surface area contributed by atoms with Crippen molar-refractivity contribution < 1.29 is 0 Å². The molecule has 2 N–H and O–H groups in total. The van der Waals surface area contributed by atoms with E-state index in [-0.39, 0.29) is 6.17 Å². The van der Waals surface area contributed by atoms with Crippen LogP contribution < -0.4 is 5.73 Å². The molecule has 2 aromatic rings. The number of fused-ring (bicyclic) bond motifs is 1. The largest absolute Gasteiger partial charge is 0.318 e. The zero-order valence-electron chi connectivity index (χ0n) is 8.39. The summed E-state index contributed by atoms with van der Waals surface area (Å²) in [6.07, 6.45) is 5.48. The van der Waals surface area contributed by atoms with Crippen molar-refractivity contribution in [3.63, 3.8) is 0 Å². The van der Waals surface area contributed by atoms with Crippen LogP contribution >= 0.6 is 11.3 Å². The Hall–Kier alpha value is -1.13. The highest BCUT2D eigenvalue weighted by atomic mass is 32.1. The Morgan fingerprint density at radius 2 is 2.47 bits per heavy atom. The van der Waals surface area contributed by atoms with Crippen LogP contribution in [0, 0.1) is 0 Å². The van der Waals surface area contributed by atoms with Crippen LogP contribution in [-0.2, 0) is 6.42 Å². The van der Waals surface area contributed by atoms with Gasteiger partial charge in [0.25, 0.3) is 0 Å². The average molecular weight is 219 g/mol. The van der Waals surface area contributed by atoms with E-state index in [4.69, 9.17) is 5.73 Å². The molecule has 2 aromatic heterocycles. The Balaban J connectivity index is 2.06. The summed E-state index contributed by atoms with van der Waals surface area (Å²) in [6, 6.07) is 4.16. The van der Waals surface area contributed by atoms with Gasteiger partial charge in [0.05, 0.1) is 16.7 Å². The maximum Gasteiger partial charge on any atom is 0.110 e. The van der Waals surface area contributed by atoms with E-state index in [2.05, 4.69) is 33.3 Å². The van der Waals surface area contributed by atoms with E-state index < -0.39 is 0 Å². The van der Waals surface area contributed by atoms with E-state index in [9.17, 15) is 0 Å². The summed E-state index contributed by atoms with van der Waals surface area (Å²) in [6.45, 7) is 0. The predicted molar refractivity (Wildman–Crippen MR) is 61.7 cm³/mol. The lowest BCUT2D eigenvalue weighted by molar-refractivity contribution is 0.408. The number of imidazole rings is 1. The van der Waals surface area contributed by atoms with Crippen molar-refractivity contribution in [3.8, 4) is 10.6 Å². The molecule has 0 fully saturated rings. The fraction of sp³-hybridized carbons (Fsp3) is 0.364. The topological polar surface area (TPSA) is 43.8 Å². The maximum atomic E-state index is 6.04. The molecule has 1 atom stereocenters. The lowest BCUT2D eigenvalue weighted by atomic mass is 10.1. The summed E-state index contributed by atoms with van der Waals surface area (Å²) in [5.41, 5.74) is 7.11. The smallest absolute Gasteiger partial charge is 0.110 e. The van der Waals surface area contributed by atoms with Gasteiger partial charge in [0.15, 0.2) is 0 Å². The molecule has 1 aliphatic rings. The molecule has 0 bridgehead atoms. The normalized spacial score (nSPS) is 20.2. The highest BCUT2D eigenvalue weighted by Crippen LogP contribution is 2.28. The average Bonchev–Trinajstić information content (AvgIpc) is 2.86. The fourth-order valence-corrected chi connectivity index (χ4v) is 2.74. The molecule has 3 rings (SSSR count). The molecule has 4 heteroatoms. The van der Waals surface area contributed by atoms with Crippen LogP contribution in [0.25, 0.3) is 10.6 Å². The lowest BCUT2D eigenvalue weighted by Gasteiger charge is -2.20. The first kappa shape index (κ1) is 9.12. The van der Waals surface area contributed by atoms with Gasteiger partial charge in [-0.2, -0.15) is 0 Å². The molecule has 1 aliphatic heterocycles. The molecule has 0 aliphatic carbocycles. The Labute approximate surface area is 92.6 Å². The summed E-state index contributed by atoms with van der Waals surface area (Å²) < 4.78 is 2.12. The van der Waals surface area contributed by atoms with E-state index in [0.717, 1.165) is 30.8 Å². The summed E-state index contributed by atoms with van der Waals surface area (Å²) in [5.74, 6) is 1.14. The molecule has 1 unspecified atom stereocenters. The number of thiophene rings is 1. The van der Waals surface area contributed by atoms with Gasteiger partial charge in [-0.25, -0.2) is 4.98 Å². The molecule has 0 saturated carbocycles. The number of rotatable bonds is 1. The predicted octanol–water partition coefficient (Wildman–Crippen LogP) is 2.41. The van der Waals surface area contributed by atoms with Gasteiger partial charge < -0.3 is 10.3 Å². The van der Waals surface area contributed by atoms with E-state index in [1.165, 1.54) is 4.88 Å². The van der Waals surface area contributed by atoms with E-state index in [1.807, 2.05) is 0 Å². The monoisotopic (exact) mass is 219 g/mol. The number of hydrogen-bond acceptors (Lipinski definition) is 3. The van der Waals surface area contributed by atoms with Crippen LogP contribution in [0.5, 0.6) is 0 Å². The summed E-state index contributed by atoms with van der Waals surface area (Å²) in [7, 11) is 0. The molecule has 0 amide bonds. The first-order chi connectivity index (χ1) is 7.34. The van der Waals surface area contributed by atoms with Crippen LogP contribution in [0.2, 0.25) is 0 Å². The van der Waals surface area contributed by atoms with Crippen molar-refractivity contribution in [2.75, 3.05) is 0 Å². The van der Waals surface area contributed by atoms with E-state index in [1.54, 1.807) is 11.3 Å². The third-order valence-corrected chi connectivity index (χ3v) is 3.73. The molecule has 3 heterocycles. The standard InChI is InChI=1S/C11H13N3S/c12-10-4-1-5-11-13-8(7-14(10)11)9-3-2-6-15-9/h2-3,6-7,10H,1,4-5,12H2. The van der Waals surface area contributed by atoms with Crippen molar-refractivity contribution >= 4 is 11.3 Å². The van der Waals surface area contributed by atoms with Crippen molar-refractivity contribution in [1.29, 1.82) is 0 Å². The molecule has 0 saturated heterocycles. The molecule has 3 nitrogen and oxygen atoms in total. The minimum atomic E-state index is 0.120. The second kappa shape index (κ2) is 3.47. The van der Waals surface area contributed by atoms with Crippen LogP contribution in [0.1, 0.15) is 24.8 Å². The van der Waals surface area contributed by atoms with Gasteiger partial charge in [0.1, 0.15) is 5.82 Å². The van der Waals surface area contributed by atoms with Crippen LogP contribution in [0.4, 0.5) is 0 Å². The van der Waals surface area contributed by atoms with Crippen molar-refractivity contribution in [2.24, 2.45) is 5.73 Å². The Morgan fingerprint density at radius 3 is 3.20 bits per heavy atom. The van der Waals surface area contributed by atoms with Gasteiger partial charge in [-0.15, -0.1) is 11.3 Å². The SMILES string of the molecule is NC1CCCc2nc(-c3cccs3)cn21. The highest BCUT2D eigenvalue weighted by Gasteiger charge is 2.18. The minimum Gasteiger partial charge on any atom is -0.318 e. The minimum absolute atomic E-state index is 0.120. The van der Waals surface area contributed by atoms with Crippen LogP contribution in [-0.4, -0.2) is 9.55 Å². The molecular formula is C11H13N3S. The summed E-state index contributed by atoms with van der Waals surface area (Å²) in [4.78, 5) is 5.86. The third-order valence-electron chi connectivity index (χ3n) is 2.84. The summed E-state index contributed by atoms with van der Waals surface area (Å²) >= 11 is 1.72. The highest BCUT2D eigenvalue weighted by molar-refractivity contribution is 7.13. The van der Waals surface area contributed by atoms with Gasteiger partial charge in [-0.1, -0.05) is 6.07 Å². The van der Waals surface area contributed by atoms with Crippen molar-refractivity contribution in [1.82, 2.24) is 9.55 Å². The lowest BCUT2D eigenvalue weighted by Crippen LogP contribution is -2.24. The molecule has 0 spiro atoms. The van der Waals surface area contributed by atoms with Crippen LogP contribution in [0.3, 0.4) is 0 Å². The number of hydrogen-bond donors (Lipinski definition) is 1. The molecule has 0 radical (unpaired) electrons. The van der Waals surface area contributed by atoms with Gasteiger partial charge in [0.2, 0.25) is 0 Å².